The monoisotopic (exact) mass is 385 g/mol. The minimum absolute atomic E-state index is 0.0520. The van der Waals surface area contributed by atoms with Crippen molar-refractivity contribution in [3.63, 3.8) is 0 Å². The Hall–Kier alpha value is -2.61. The molecule has 0 aliphatic heterocycles. The van der Waals surface area contributed by atoms with E-state index in [1.54, 1.807) is 13.1 Å². The summed E-state index contributed by atoms with van der Waals surface area (Å²) < 4.78 is 5.51. The van der Waals surface area contributed by atoms with Crippen molar-refractivity contribution < 1.29 is 9.21 Å². The Balaban J connectivity index is 1.57. The van der Waals surface area contributed by atoms with Crippen LogP contribution >= 0.6 is 11.3 Å². The number of pyridine rings is 1. The van der Waals surface area contributed by atoms with Crippen LogP contribution in [0.1, 0.15) is 50.2 Å². The van der Waals surface area contributed by atoms with Gasteiger partial charge in [0.25, 0.3) is 0 Å². The van der Waals surface area contributed by atoms with Crippen LogP contribution in [0.25, 0.3) is 10.7 Å². The fourth-order valence-electron chi connectivity index (χ4n) is 2.68. The van der Waals surface area contributed by atoms with Crippen molar-refractivity contribution in [3.8, 4) is 10.7 Å². The van der Waals surface area contributed by atoms with Gasteiger partial charge >= 0.3 is 0 Å². The highest BCUT2D eigenvalue weighted by molar-refractivity contribution is 7.13. The van der Waals surface area contributed by atoms with Gasteiger partial charge in [0.2, 0.25) is 17.7 Å². The SMILES string of the molecule is Cc1nnc(C(CC(C)C)NC(=O)CCc2csc(-c3ccccn3)n2)o1. The van der Waals surface area contributed by atoms with E-state index in [4.69, 9.17) is 4.42 Å². The van der Waals surface area contributed by atoms with E-state index >= 15 is 0 Å². The van der Waals surface area contributed by atoms with Crippen LogP contribution in [0.2, 0.25) is 0 Å². The van der Waals surface area contributed by atoms with Gasteiger partial charge in [0.05, 0.1) is 11.4 Å². The molecule has 1 N–H and O–H groups in total. The second kappa shape index (κ2) is 8.85. The molecule has 3 rings (SSSR count). The molecule has 1 unspecified atom stereocenters. The molecule has 0 aliphatic carbocycles. The van der Waals surface area contributed by atoms with Gasteiger partial charge in [-0.05, 0) is 30.9 Å². The van der Waals surface area contributed by atoms with Gasteiger partial charge in [-0.2, -0.15) is 0 Å². The average Bonchev–Trinajstić information content (AvgIpc) is 3.29. The van der Waals surface area contributed by atoms with E-state index in [-0.39, 0.29) is 11.9 Å². The van der Waals surface area contributed by atoms with Crippen LogP contribution in [0.4, 0.5) is 0 Å². The summed E-state index contributed by atoms with van der Waals surface area (Å²) in [7, 11) is 0. The summed E-state index contributed by atoms with van der Waals surface area (Å²) in [4.78, 5) is 21.3. The van der Waals surface area contributed by atoms with Crippen LogP contribution < -0.4 is 5.32 Å². The third-order valence-corrected chi connectivity index (χ3v) is 4.84. The van der Waals surface area contributed by atoms with E-state index in [2.05, 4.69) is 39.3 Å². The van der Waals surface area contributed by atoms with Crippen LogP contribution in [0.3, 0.4) is 0 Å². The maximum atomic E-state index is 12.4. The molecule has 0 saturated carbocycles. The van der Waals surface area contributed by atoms with Gasteiger partial charge in [0.15, 0.2) is 0 Å². The number of carbonyl (C=O) groups excluding carboxylic acids is 1. The Bertz CT molecular complexity index is 875. The van der Waals surface area contributed by atoms with E-state index in [0.717, 1.165) is 22.8 Å². The molecule has 0 fully saturated rings. The normalized spacial score (nSPS) is 12.3. The Labute approximate surface area is 162 Å². The molecule has 0 bridgehead atoms. The second-order valence-electron chi connectivity index (χ2n) is 6.77. The first kappa shape index (κ1) is 19.2. The summed E-state index contributed by atoms with van der Waals surface area (Å²) in [5, 5.41) is 13.8. The highest BCUT2D eigenvalue weighted by atomic mass is 32.1. The Morgan fingerprint density at radius 2 is 2.15 bits per heavy atom. The smallest absolute Gasteiger partial charge is 0.238 e. The fraction of sp³-hybridized carbons (Fsp3) is 0.421. The molecule has 3 aromatic heterocycles. The first-order valence-electron chi connectivity index (χ1n) is 8.96. The number of nitrogens with zero attached hydrogens (tertiary/aromatic N) is 4. The van der Waals surface area contributed by atoms with Crippen LogP contribution in [-0.2, 0) is 11.2 Å². The molecule has 0 saturated heterocycles. The molecule has 7 nitrogen and oxygen atoms in total. The van der Waals surface area contributed by atoms with E-state index in [1.807, 2.05) is 23.6 Å². The van der Waals surface area contributed by atoms with Crippen LogP contribution in [0.15, 0.2) is 34.2 Å². The van der Waals surface area contributed by atoms with Crippen molar-refractivity contribution in [2.75, 3.05) is 0 Å². The molecule has 142 valence electrons. The Morgan fingerprint density at radius 3 is 2.81 bits per heavy atom. The molecule has 3 heterocycles. The van der Waals surface area contributed by atoms with Crippen molar-refractivity contribution in [3.05, 3.63) is 47.3 Å². The van der Waals surface area contributed by atoms with E-state index in [1.165, 1.54) is 11.3 Å². The predicted molar refractivity (Wildman–Crippen MR) is 103 cm³/mol. The molecule has 1 atom stereocenters. The van der Waals surface area contributed by atoms with Gasteiger partial charge in [-0.1, -0.05) is 19.9 Å². The lowest BCUT2D eigenvalue weighted by Gasteiger charge is -2.17. The summed E-state index contributed by atoms with van der Waals surface area (Å²) in [5.41, 5.74) is 1.74. The quantitative estimate of drug-likeness (QED) is 0.635. The van der Waals surface area contributed by atoms with Crippen molar-refractivity contribution in [1.29, 1.82) is 0 Å². The van der Waals surface area contributed by atoms with E-state index < -0.39 is 0 Å². The molecular formula is C19H23N5O2S. The number of aryl methyl sites for hydroxylation is 2. The zero-order chi connectivity index (χ0) is 19.2. The van der Waals surface area contributed by atoms with E-state index in [0.29, 0.717) is 30.5 Å². The minimum atomic E-state index is -0.266. The summed E-state index contributed by atoms with van der Waals surface area (Å²) in [6, 6.07) is 5.47. The molecule has 1 amide bonds. The lowest BCUT2D eigenvalue weighted by molar-refractivity contribution is -0.122. The molecule has 0 aliphatic rings. The lowest BCUT2D eigenvalue weighted by atomic mass is 10.0. The summed E-state index contributed by atoms with van der Waals surface area (Å²) in [6.07, 6.45) is 3.42. The molecule has 0 radical (unpaired) electrons. The second-order valence-corrected chi connectivity index (χ2v) is 7.63. The average molecular weight is 385 g/mol. The number of thiazole rings is 1. The maximum absolute atomic E-state index is 12.4. The number of hydrogen-bond donors (Lipinski definition) is 1. The molecule has 0 aromatic carbocycles. The number of hydrogen-bond acceptors (Lipinski definition) is 7. The van der Waals surface area contributed by atoms with Crippen molar-refractivity contribution in [1.82, 2.24) is 25.5 Å². The van der Waals surface area contributed by atoms with Crippen molar-refractivity contribution in [2.24, 2.45) is 5.92 Å². The third-order valence-electron chi connectivity index (χ3n) is 3.93. The van der Waals surface area contributed by atoms with Crippen molar-refractivity contribution >= 4 is 17.2 Å². The number of amides is 1. The summed E-state index contributed by atoms with van der Waals surface area (Å²) >= 11 is 1.54. The van der Waals surface area contributed by atoms with E-state index in [9.17, 15) is 4.79 Å². The summed E-state index contributed by atoms with van der Waals surface area (Å²) in [6.45, 7) is 5.93. The zero-order valence-corrected chi connectivity index (χ0v) is 16.5. The molecular weight excluding hydrogens is 362 g/mol. The highest BCUT2D eigenvalue weighted by Gasteiger charge is 2.21. The largest absolute Gasteiger partial charge is 0.423 e. The maximum Gasteiger partial charge on any atom is 0.238 e. The molecule has 8 heteroatoms. The number of aromatic nitrogens is 4. The number of nitrogens with one attached hydrogen (secondary N) is 1. The van der Waals surface area contributed by atoms with Crippen molar-refractivity contribution in [2.45, 2.75) is 46.1 Å². The zero-order valence-electron chi connectivity index (χ0n) is 15.7. The number of carbonyl (C=O) groups is 1. The third kappa shape index (κ3) is 5.43. The number of rotatable bonds is 8. The van der Waals surface area contributed by atoms with Crippen LogP contribution in [-0.4, -0.2) is 26.1 Å². The fourth-order valence-corrected chi connectivity index (χ4v) is 3.51. The Kier molecular flexibility index (Phi) is 6.28. The highest BCUT2D eigenvalue weighted by Crippen LogP contribution is 2.23. The van der Waals surface area contributed by atoms with Gasteiger partial charge in [-0.25, -0.2) is 4.98 Å². The van der Waals surface area contributed by atoms with Gasteiger partial charge in [-0.15, -0.1) is 21.5 Å². The summed E-state index contributed by atoms with van der Waals surface area (Å²) in [5.74, 6) is 1.30. The van der Waals surface area contributed by atoms with Crippen LogP contribution in [0, 0.1) is 12.8 Å². The van der Waals surface area contributed by atoms with Crippen LogP contribution in [0.5, 0.6) is 0 Å². The topological polar surface area (TPSA) is 93.8 Å². The van der Waals surface area contributed by atoms with Gasteiger partial charge in [0, 0.05) is 24.9 Å². The Morgan fingerprint density at radius 1 is 1.30 bits per heavy atom. The van der Waals surface area contributed by atoms with Gasteiger partial charge < -0.3 is 9.73 Å². The first-order valence-corrected chi connectivity index (χ1v) is 9.84. The first-order chi connectivity index (χ1) is 13.0. The molecule has 3 aromatic rings. The van der Waals surface area contributed by atoms with Gasteiger partial charge in [0.1, 0.15) is 11.0 Å². The molecule has 0 spiro atoms. The molecule has 27 heavy (non-hydrogen) atoms. The minimum Gasteiger partial charge on any atom is -0.423 e. The van der Waals surface area contributed by atoms with Gasteiger partial charge in [-0.3, -0.25) is 9.78 Å². The predicted octanol–water partition coefficient (Wildman–Crippen LogP) is 3.73. The lowest BCUT2D eigenvalue weighted by Crippen LogP contribution is -2.30. The standard InChI is InChI=1S/C19H23N5O2S/c1-12(2)10-16(18-24-23-13(3)26-18)22-17(25)8-7-14-11-27-19(21-14)15-6-4-5-9-20-15/h4-6,9,11-12,16H,7-8,10H2,1-3H3,(H,22,25).